The fourth-order valence-electron chi connectivity index (χ4n) is 2.28. The average Bonchev–Trinajstić information content (AvgIpc) is 3.27. The number of nitrogens with zero attached hydrogens (tertiary/aromatic N) is 2. The van der Waals surface area contributed by atoms with Gasteiger partial charge in [0.25, 0.3) is 5.91 Å². The molecule has 3 heterocycles. The van der Waals surface area contributed by atoms with Gasteiger partial charge in [0.2, 0.25) is 0 Å². The summed E-state index contributed by atoms with van der Waals surface area (Å²) in [4.78, 5) is 20.3. The molecule has 1 aromatic carbocycles. The first-order valence-electron chi connectivity index (χ1n) is 6.72. The number of rotatable bonds is 3. The van der Waals surface area contributed by atoms with Gasteiger partial charge in [0.1, 0.15) is 22.7 Å². The second kappa shape index (κ2) is 5.27. The summed E-state index contributed by atoms with van der Waals surface area (Å²) in [6.07, 6.45) is 3.77. The monoisotopic (exact) mass is 313 g/mol. The second-order valence-corrected chi connectivity index (χ2v) is 5.61. The molecule has 22 heavy (non-hydrogen) atoms. The Labute approximate surface area is 129 Å². The lowest BCUT2D eigenvalue weighted by Gasteiger charge is -2.01. The highest BCUT2D eigenvalue weighted by molar-refractivity contribution is 7.13. The number of oxazole rings is 1. The van der Waals surface area contributed by atoms with Crippen LogP contribution in [0.5, 0.6) is 5.75 Å². The predicted molar refractivity (Wildman–Crippen MR) is 81.2 cm³/mol. The van der Waals surface area contributed by atoms with E-state index in [1.807, 2.05) is 12.1 Å². The third kappa shape index (κ3) is 2.35. The number of thiazole rings is 1. The van der Waals surface area contributed by atoms with Crippen LogP contribution in [0.1, 0.15) is 16.1 Å². The third-order valence-electron chi connectivity index (χ3n) is 3.33. The van der Waals surface area contributed by atoms with Crippen LogP contribution in [0.15, 0.2) is 40.5 Å². The number of carbonyl (C=O) groups excluding carboxylic acids is 1. The maximum atomic E-state index is 12.1. The van der Waals surface area contributed by atoms with E-state index in [9.17, 15) is 4.79 Å². The zero-order valence-corrected chi connectivity index (χ0v) is 12.2. The molecule has 0 saturated heterocycles. The smallest absolute Gasteiger partial charge is 0.301 e. The van der Waals surface area contributed by atoms with Crippen LogP contribution in [0.4, 0.5) is 6.01 Å². The fourth-order valence-corrected chi connectivity index (χ4v) is 3.07. The maximum absolute atomic E-state index is 12.1. The summed E-state index contributed by atoms with van der Waals surface area (Å²) in [7, 11) is 0. The van der Waals surface area contributed by atoms with Gasteiger partial charge in [-0.2, -0.15) is 0 Å². The lowest BCUT2D eigenvalue weighted by molar-refractivity contribution is 0.102. The Bertz CT molecular complexity index is 826. The van der Waals surface area contributed by atoms with Crippen molar-refractivity contribution in [3.05, 3.63) is 47.3 Å². The van der Waals surface area contributed by atoms with Crippen LogP contribution in [0.3, 0.4) is 0 Å². The van der Waals surface area contributed by atoms with Crippen LogP contribution in [-0.2, 0) is 6.42 Å². The summed E-state index contributed by atoms with van der Waals surface area (Å²) < 4.78 is 10.5. The second-order valence-electron chi connectivity index (χ2n) is 4.75. The normalized spacial score (nSPS) is 12.7. The van der Waals surface area contributed by atoms with E-state index < -0.39 is 0 Å². The molecule has 0 spiro atoms. The van der Waals surface area contributed by atoms with Crippen LogP contribution < -0.4 is 10.1 Å². The van der Waals surface area contributed by atoms with Gasteiger partial charge in [0.15, 0.2) is 0 Å². The summed E-state index contributed by atoms with van der Waals surface area (Å²) >= 11 is 1.43. The standard InChI is InChI=1S/C15H11N3O3S/c19-13(18-15-16-4-6-21-15)11-8-22-14(17-11)10-1-2-12-9(7-10)3-5-20-12/h1-2,4,6-8H,3,5H2,(H,16,18,19). The Kier molecular flexibility index (Phi) is 3.12. The lowest BCUT2D eigenvalue weighted by atomic mass is 10.1. The minimum Gasteiger partial charge on any atom is -0.493 e. The van der Waals surface area contributed by atoms with E-state index in [-0.39, 0.29) is 11.9 Å². The van der Waals surface area contributed by atoms with Crippen LogP contribution in [0, 0.1) is 0 Å². The molecule has 2 aromatic heterocycles. The Morgan fingerprint density at radius 2 is 2.32 bits per heavy atom. The molecule has 1 aliphatic rings. The number of anilines is 1. The molecule has 7 heteroatoms. The summed E-state index contributed by atoms with van der Waals surface area (Å²) in [6, 6.07) is 6.13. The zero-order valence-electron chi connectivity index (χ0n) is 11.4. The topological polar surface area (TPSA) is 77.2 Å². The quantitative estimate of drug-likeness (QED) is 0.804. The number of ether oxygens (including phenoxy) is 1. The Hall–Kier alpha value is -2.67. The molecule has 0 fully saturated rings. The largest absolute Gasteiger partial charge is 0.493 e. The first-order valence-corrected chi connectivity index (χ1v) is 7.60. The van der Waals surface area contributed by atoms with Crippen molar-refractivity contribution in [3.63, 3.8) is 0 Å². The molecule has 0 saturated carbocycles. The number of aromatic nitrogens is 2. The van der Waals surface area contributed by atoms with Crippen molar-refractivity contribution in [2.75, 3.05) is 11.9 Å². The minimum atomic E-state index is -0.338. The first kappa shape index (κ1) is 13.0. The number of amides is 1. The number of hydrogen-bond acceptors (Lipinski definition) is 6. The molecule has 0 unspecified atom stereocenters. The van der Waals surface area contributed by atoms with E-state index >= 15 is 0 Å². The van der Waals surface area contributed by atoms with Gasteiger partial charge in [-0.15, -0.1) is 11.3 Å². The number of benzene rings is 1. The van der Waals surface area contributed by atoms with Crippen molar-refractivity contribution in [1.82, 2.24) is 9.97 Å². The van der Waals surface area contributed by atoms with Crippen molar-refractivity contribution < 1.29 is 13.9 Å². The maximum Gasteiger partial charge on any atom is 0.301 e. The Balaban J connectivity index is 1.57. The Morgan fingerprint density at radius 1 is 1.36 bits per heavy atom. The van der Waals surface area contributed by atoms with Crippen LogP contribution in [-0.4, -0.2) is 22.5 Å². The molecule has 0 aliphatic carbocycles. The first-order chi connectivity index (χ1) is 10.8. The Morgan fingerprint density at radius 3 is 3.18 bits per heavy atom. The van der Waals surface area contributed by atoms with Gasteiger partial charge < -0.3 is 9.15 Å². The van der Waals surface area contributed by atoms with E-state index in [1.54, 1.807) is 5.38 Å². The van der Waals surface area contributed by atoms with Gasteiger partial charge in [0.05, 0.1) is 12.8 Å². The molecule has 6 nitrogen and oxygen atoms in total. The molecule has 0 bridgehead atoms. The number of hydrogen-bond donors (Lipinski definition) is 1. The molecule has 1 aliphatic heterocycles. The molecule has 1 amide bonds. The number of carbonyl (C=O) groups is 1. The fraction of sp³-hybridized carbons (Fsp3) is 0.133. The summed E-state index contributed by atoms with van der Waals surface area (Å²) in [5.74, 6) is 0.594. The molecule has 0 radical (unpaired) electrons. The van der Waals surface area contributed by atoms with Gasteiger partial charge in [-0.3, -0.25) is 10.1 Å². The third-order valence-corrected chi connectivity index (χ3v) is 4.22. The molecule has 4 rings (SSSR count). The van der Waals surface area contributed by atoms with Crippen LogP contribution >= 0.6 is 11.3 Å². The highest BCUT2D eigenvalue weighted by Gasteiger charge is 2.16. The summed E-state index contributed by atoms with van der Waals surface area (Å²) in [6.45, 7) is 0.723. The zero-order chi connectivity index (χ0) is 14.9. The van der Waals surface area contributed by atoms with E-state index in [0.717, 1.165) is 29.3 Å². The van der Waals surface area contributed by atoms with Crippen molar-refractivity contribution in [2.24, 2.45) is 0 Å². The van der Waals surface area contributed by atoms with E-state index in [0.29, 0.717) is 5.69 Å². The van der Waals surface area contributed by atoms with Crippen molar-refractivity contribution in [3.8, 4) is 16.3 Å². The summed E-state index contributed by atoms with van der Waals surface area (Å²) in [5, 5.41) is 5.07. The van der Waals surface area contributed by atoms with Gasteiger partial charge in [-0.1, -0.05) is 0 Å². The van der Waals surface area contributed by atoms with Gasteiger partial charge in [0, 0.05) is 17.4 Å². The molecule has 110 valence electrons. The highest BCUT2D eigenvalue weighted by Crippen LogP contribution is 2.31. The molecule has 1 N–H and O–H groups in total. The number of fused-ring (bicyclic) bond motifs is 1. The molecule has 3 aromatic rings. The van der Waals surface area contributed by atoms with Crippen molar-refractivity contribution in [2.45, 2.75) is 6.42 Å². The van der Waals surface area contributed by atoms with Crippen molar-refractivity contribution in [1.29, 1.82) is 0 Å². The minimum absolute atomic E-state index is 0.161. The summed E-state index contributed by atoms with van der Waals surface area (Å²) in [5.41, 5.74) is 2.51. The lowest BCUT2D eigenvalue weighted by Crippen LogP contribution is -2.12. The van der Waals surface area contributed by atoms with E-state index in [2.05, 4.69) is 21.4 Å². The van der Waals surface area contributed by atoms with Crippen molar-refractivity contribution >= 4 is 23.3 Å². The van der Waals surface area contributed by atoms with Gasteiger partial charge in [-0.05, 0) is 23.8 Å². The van der Waals surface area contributed by atoms with Gasteiger partial charge >= 0.3 is 6.01 Å². The molecular weight excluding hydrogens is 302 g/mol. The van der Waals surface area contributed by atoms with Gasteiger partial charge in [-0.25, -0.2) is 9.97 Å². The number of nitrogens with one attached hydrogen (secondary N) is 1. The SMILES string of the molecule is O=C(Nc1ncco1)c1csc(-c2ccc3c(c2)CCO3)n1. The van der Waals surface area contributed by atoms with E-state index in [1.165, 1.54) is 29.4 Å². The average molecular weight is 313 g/mol. The highest BCUT2D eigenvalue weighted by atomic mass is 32.1. The van der Waals surface area contributed by atoms with Crippen LogP contribution in [0.2, 0.25) is 0 Å². The molecular formula is C15H11N3O3S. The predicted octanol–water partition coefficient (Wildman–Crippen LogP) is 2.99. The molecule has 0 atom stereocenters. The van der Waals surface area contributed by atoms with E-state index in [4.69, 9.17) is 9.15 Å². The van der Waals surface area contributed by atoms with Crippen LogP contribution in [0.25, 0.3) is 10.6 Å².